The molecule has 24 heteroatoms. The second kappa shape index (κ2) is 16.3. The van der Waals surface area contributed by atoms with Crippen molar-refractivity contribution in [2.75, 3.05) is 52.4 Å². The third kappa shape index (κ3) is 7.62. The van der Waals surface area contributed by atoms with Crippen LogP contribution in [0.15, 0.2) is 52.8 Å². The molecule has 0 spiro atoms. The standard InChI is InChI=1S/C34H36N11O11PS/c1-35-9-10-52-57(50,53-14-34-13-51-25(27(34)47)32(55-34)45-17-38-24-29(45)41-33(42-31(24)49)39-16-44(2)3)56-19-11-20(54-21(19)12-46)26-22-23(43-58-26)28(37-15-36-22)40-30(48)18-7-5-4-6-8-18/h4-8,15-17,19-21,25,27,32,46-47H,9-14H2,2-3H3,(H,41,42,49)(H,36,37,40,48)/b39-16+/t19-,20+,21+,25+,27-,32+,34+,57?/m0/s1. The van der Waals surface area contributed by atoms with Crippen molar-refractivity contribution >= 4 is 65.6 Å². The number of ether oxygens (including phenoxy) is 3. The lowest BCUT2D eigenvalue weighted by atomic mass is 10.0. The topological polar surface area (TPSA) is 264 Å². The Bertz CT molecular complexity index is 2490. The molecule has 3 saturated heterocycles. The molecule has 4 aromatic heterocycles. The van der Waals surface area contributed by atoms with Crippen molar-refractivity contribution in [1.29, 1.82) is 0 Å². The molecule has 58 heavy (non-hydrogen) atoms. The molecule has 5 aromatic rings. The number of phosphoric ester groups is 1. The van der Waals surface area contributed by atoms with Crippen LogP contribution in [0.25, 0.3) is 27.0 Å². The average molecular weight is 838 g/mol. The summed E-state index contributed by atoms with van der Waals surface area (Å²) in [4.78, 5) is 55.0. The molecule has 4 N–H and O–H groups in total. The number of aliphatic hydroxyl groups is 2. The fraction of sp³-hybridized carbons (Fsp3) is 0.441. The van der Waals surface area contributed by atoms with E-state index in [0.29, 0.717) is 21.5 Å². The van der Waals surface area contributed by atoms with Crippen LogP contribution in [0, 0.1) is 6.57 Å². The molecular weight excluding hydrogens is 801 g/mol. The van der Waals surface area contributed by atoms with Crippen LogP contribution in [0.4, 0.5) is 11.8 Å². The lowest BCUT2D eigenvalue weighted by molar-refractivity contribution is -0.184. The number of aliphatic hydroxyl groups excluding tert-OH is 2. The van der Waals surface area contributed by atoms with Crippen molar-refractivity contribution in [3.63, 3.8) is 0 Å². The third-order valence-corrected chi connectivity index (χ3v) is 11.9. The number of phosphoric acid groups is 1. The number of anilines is 1. The average Bonchev–Trinajstić information content (AvgIpc) is 4.05. The minimum absolute atomic E-state index is 0.00522. The van der Waals surface area contributed by atoms with Crippen LogP contribution in [-0.2, 0) is 32.3 Å². The number of imidazole rings is 1. The van der Waals surface area contributed by atoms with Gasteiger partial charge in [-0.1, -0.05) is 18.2 Å². The summed E-state index contributed by atoms with van der Waals surface area (Å²) in [6.45, 7) is 5.43. The molecule has 7 heterocycles. The van der Waals surface area contributed by atoms with Crippen molar-refractivity contribution in [2.45, 2.75) is 48.8 Å². The number of amides is 1. The summed E-state index contributed by atoms with van der Waals surface area (Å²) < 4.78 is 56.1. The number of carbonyl (C=O) groups is 1. The van der Waals surface area contributed by atoms with Gasteiger partial charge in [0.25, 0.3) is 11.5 Å². The molecule has 0 saturated carbocycles. The quantitative estimate of drug-likeness (QED) is 0.0386. The normalized spacial score (nSPS) is 26.4. The molecule has 8 atom stereocenters. The van der Waals surface area contributed by atoms with Gasteiger partial charge in [-0.15, -0.1) is 0 Å². The second-order valence-electron chi connectivity index (χ2n) is 13.7. The fourth-order valence-corrected chi connectivity index (χ4v) is 9.03. The zero-order valence-corrected chi connectivity index (χ0v) is 32.5. The van der Waals surface area contributed by atoms with Gasteiger partial charge in [-0.3, -0.25) is 32.7 Å². The Morgan fingerprint density at radius 3 is 2.84 bits per heavy atom. The maximum Gasteiger partial charge on any atom is 0.475 e. The van der Waals surface area contributed by atoms with Crippen LogP contribution < -0.4 is 10.9 Å². The number of rotatable bonds is 15. The number of aromatic nitrogens is 7. The number of aromatic amines is 1. The van der Waals surface area contributed by atoms with Gasteiger partial charge in [-0.05, 0) is 23.7 Å². The summed E-state index contributed by atoms with van der Waals surface area (Å²) in [6.07, 6.45) is -1.99. The van der Waals surface area contributed by atoms with Crippen LogP contribution in [0.3, 0.4) is 0 Å². The van der Waals surface area contributed by atoms with Crippen molar-refractivity contribution in [2.24, 2.45) is 4.99 Å². The molecule has 3 aliphatic rings. The van der Waals surface area contributed by atoms with E-state index in [1.165, 1.54) is 23.6 Å². The zero-order chi connectivity index (χ0) is 40.6. The third-order valence-electron chi connectivity index (χ3n) is 9.53. The number of hydrogen-bond donors (Lipinski definition) is 4. The van der Waals surface area contributed by atoms with Crippen molar-refractivity contribution in [3.8, 4) is 0 Å². The Hall–Kier alpha value is -5.12. The minimum atomic E-state index is -4.58. The Morgan fingerprint density at radius 2 is 2.07 bits per heavy atom. The van der Waals surface area contributed by atoms with E-state index in [0.717, 1.165) is 11.5 Å². The number of benzene rings is 1. The summed E-state index contributed by atoms with van der Waals surface area (Å²) in [5, 5.41) is 24.5. The predicted molar refractivity (Wildman–Crippen MR) is 203 cm³/mol. The van der Waals surface area contributed by atoms with E-state index >= 15 is 0 Å². The van der Waals surface area contributed by atoms with Crippen LogP contribution in [-0.4, -0.2) is 138 Å². The van der Waals surface area contributed by atoms with E-state index < -0.39 is 68.9 Å². The van der Waals surface area contributed by atoms with Crippen molar-refractivity contribution < 1.29 is 47.4 Å². The number of hydrogen-bond acceptors (Lipinski definition) is 18. The monoisotopic (exact) mass is 837 g/mol. The highest BCUT2D eigenvalue weighted by Gasteiger charge is 2.63. The summed E-state index contributed by atoms with van der Waals surface area (Å²) >= 11 is 1.06. The molecule has 2 bridgehead atoms. The second-order valence-corrected chi connectivity index (χ2v) is 16.1. The summed E-state index contributed by atoms with van der Waals surface area (Å²) in [5.41, 5.74) is -0.845. The molecule has 1 amide bonds. The lowest BCUT2D eigenvalue weighted by Gasteiger charge is -2.32. The van der Waals surface area contributed by atoms with Gasteiger partial charge in [0.2, 0.25) is 12.5 Å². The van der Waals surface area contributed by atoms with Crippen LogP contribution in [0.2, 0.25) is 0 Å². The zero-order valence-electron chi connectivity index (χ0n) is 30.8. The van der Waals surface area contributed by atoms with Gasteiger partial charge in [-0.25, -0.2) is 31.1 Å². The Morgan fingerprint density at radius 1 is 1.24 bits per heavy atom. The first-order chi connectivity index (χ1) is 28.0. The molecule has 22 nitrogen and oxygen atoms in total. The van der Waals surface area contributed by atoms with E-state index in [4.69, 9.17) is 34.4 Å². The molecular formula is C34H36N11O11PS. The smallest absolute Gasteiger partial charge is 0.394 e. The van der Waals surface area contributed by atoms with Gasteiger partial charge in [-0.2, -0.15) is 9.36 Å². The first kappa shape index (κ1) is 39.7. The van der Waals surface area contributed by atoms with E-state index in [1.54, 1.807) is 49.3 Å². The van der Waals surface area contributed by atoms with Gasteiger partial charge >= 0.3 is 7.82 Å². The maximum absolute atomic E-state index is 14.3. The lowest BCUT2D eigenvalue weighted by Crippen LogP contribution is -2.45. The Labute approximate surface area is 332 Å². The van der Waals surface area contributed by atoms with Gasteiger partial charge in [0, 0.05) is 26.1 Å². The fourth-order valence-electron chi connectivity index (χ4n) is 6.73. The predicted octanol–water partition coefficient (Wildman–Crippen LogP) is 1.99. The van der Waals surface area contributed by atoms with Crippen molar-refractivity contribution in [3.05, 3.63) is 75.2 Å². The van der Waals surface area contributed by atoms with E-state index in [2.05, 4.69) is 44.4 Å². The molecule has 1 aromatic carbocycles. The van der Waals surface area contributed by atoms with Gasteiger partial charge < -0.3 is 39.5 Å². The highest BCUT2D eigenvalue weighted by Crippen LogP contribution is 2.56. The Kier molecular flexibility index (Phi) is 11.1. The van der Waals surface area contributed by atoms with Gasteiger partial charge in [0.15, 0.2) is 23.2 Å². The maximum atomic E-state index is 14.3. The summed E-state index contributed by atoms with van der Waals surface area (Å²) in [7, 11) is -1.07. The van der Waals surface area contributed by atoms with Crippen LogP contribution in [0.1, 0.15) is 34.0 Å². The minimum Gasteiger partial charge on any atom is -0.394 e. The van der Waals surface area contributed by atoms with Crippen molar-refractivity contribution in [1.82, 2.24) is 38.8 Å². The van der Waals surface area contributed by atoms with Gasteiger partial charge in [0.1, 0.15) is 54.0 Å². The molecule has 3 fully saturated rings. The SMILES string of the molecule is [C-]#[N+]CCOP(=O)(OC[C@@]12CO[C@@H]([C@H](n3cnc4c(=O)[nH]c(/N=C/N(C)C)nc43)O1)[C@@H]2O)O[C@H]1C[C@H](c2snc3c(NC(=O)c4ccccc4)ncnc23)O[C@@H]1CO. The molecule has 3 aliphatic heterocycles. The van der Waals surface area contributed by atoms with Gasteiger partial charge in [0.05, 0.1) is 43.5 Å². The Balaban J connectivity index is 0.992. The number of fused-ring (bicyclic) bond motifs is 4. The first-order valence-electron chi connectivity index (χ1n) is 17.8. The molecule has 8 rings (SSSR count). The molecule has 304 valence electrons. The summed E-state index contributed by atoms with van der Waals surface area (Å²) in [6, 6.07) is 8.60. The molecule has 1 unspecified atom stereocenters. The van der Waals surface area contributed by atoms with E-state index in [9.17, 15) is 24.4 Å². The number of carbonyl (C=O) groups excluding carboxylic acids is 1. The number of nitrogens with zero attached hydrogens (tertiary/aromatic N) is 9. The van der Waals surface area contributed by atoms with Crippen LogP contribution >= 0.6 is 19.4 Å². The highest BCUT2D eigenvalue weighted by atomic mass is 32.1. The molecule has 0 radical (unpaired) electrons. The number of aliphatic imine (C=N–C) groups is 1. The van der Waals surface area contributed by atoms with Crippen LogP contribution in [0.5, 0.6) is 0 Å². The summed E-state index contributed by atoms with van der Waals surface area (Å²) in [5.74, 6) is -0.180. The van der Waals surface area contributed by atoms with E-state index in [1.807, 2.05) is 0 Å². The number of H-pyrrole nitrogens is 1. The number of nitrogens with one attached hydrogen (secondary N) is 2. The molecule has 0 aliphatic carbocycles. The first-order valence-corrected chi connectivity index (χ1v) is 20.0. The highest BCUT2D eigenvalue weighted by molar-refractivity contribution is 7.48. The largest absolute Gasteiger partial charge is 0.475 e. The van der Waals surface area contributed by atoms with E-state index in [-0.39, 0.29) is 55.0 Å².